The summed E-state index contributed by atoms with van der Waals surface area (Å²) >= 11 is 0. The van der Waals surface area contributed by atoms with Crippen molar-refractivity contribution in [3.63, 3.8) is 0 Å². The summed E-state index contributed by atoms with van der Waals surface area (Å²) in [5.74, 6) is -2.57. The molecule has 8 atom stereocenters. The van der Waals surface area contributed by atoms with E-state index in [2.05, 4.69) is 4.98 Å². The number of hydrogen-bond acceptors (Lipinski definition) is 11. The zero-order valence-electron chi connectivity index (χ0n) is 26.8. The molecule has 6 rings (SSSR count). The Balaban J connectivity index is 1.51. The highest BCUT2D eigenvalue weighted by Crippen LogP contribution is 2.67. The van der Waals surface area contributed by atoms with E-state index in [0.717, 1.165) is 0 Å². The molecule has 2 saturated carbocycles. The fourth-order valence-corrected chi connectivity index (χ4v) is 8.60. The number of fused-ring (bicyclic) bond motifs is 4. The van der Waals surface area contributed by atoms with E-state index in [0.29, 0.717) is 24.0 Å². The molecule has 0 saturated heterocycles. The topological polar surface area (TPSA) is 166 Å². The van der Waals surface area contributed by atoms with Gasteiger partial charge in [0.15, 0.2) is 0 Å². The molecule has 2 aliphatic carbocycles. The fourth-order valence-electron chi connectivity index (χ4n) is 8.60. The first-order valence-corrected chi connectivity index (χ1v) is 15.6. The summed E-state index contributed by atoms with van der Waals surface area (Å²) in [5, 5.41) is 21.4. The molecule has 244 valence electrons. The molecule has 2 aromatic heterocycles. The molecule has 3 aliphatic rings. The lowest BCUT2D eigenvalue weighted by Crippen LogP contribution is -2.71. The van der Waals surface area contributed by atoms with E-state index in [9.17, 15) is 29.5 Å². The van der Waals surface area contributed by atoms with Crippen molar-refractivity contribution in [1.29, 1.82) is 5.26 Å². The van der Waals surface area contributed by atoms with Gasteiger partial charge in [0.1, 0.15) is 40.7 Å². The highest BCUT2D eigenvalue weighted by Gasteiger charge is 2.71. The molecule has 3 aromatic rings. The molecule has 2 fully saturated rings. The number of carbonyl (C=O) groups excluding carboxylic acids is 3. The lowest BCUT2D eigenvalue weighted by molar-refractivity contribution is -0.257. The normalized spacial score (nSPS) is 32.3. The summed E-state index contributed by atoms with van der Waals surface area (Å²) in [6.07, 6.45) is 0.807. The van der Waals surface area contributed by atoms with Crippen LogP contribution >= 0.6 is 0 Å². The highest BCUT2D eigenvalue weighted by atomic mass is 16.6. The number of aliphatic hydroxyl groups excluding tert-OH is 1. The molecule has 1 N–H and O–H groups in total. The van der Waals surface area contributed by atoms with E-state index in [-0.39, 0.29) is 34.8 Å². The average molecular weight is 641 g/mol. The minimum absolute atomic E-state index is 0.0641. The first kappa shape index (κ1) is 32.1. The number of nitrogens with zero attached hydrogens (tertiary/aromatic N) is 2. The Morgan fingerprint density at radius 1 is 1.06 bits per heavy atom. The van der Waals surface area contributed by atoms with Crippen LogP contribution in [0.4, 0.5) is 0 Å². The third-order valence-corrected chi connectivity index (χ3v) is 11.0. The standard InChI is InChI=1S/C36H36N2O9/c1-19(39)35(4)26-16-28(46-32(42)22-10-8-21(17-37)9-11-22)36(5)31(34(26,3)13-12-27(35)44-20(2)40)30(41)29-25(47-36)15-24(45-33(29)43)23-7-6-14-38-18-23/h6-11,14-15,18,26-28,30-31,41H,12-13,16H2,1-5H3/t26?,27-,28-,30-,31?,34-,35?,36+/m0/s1. The van der Waals surface area contributed by atoms with Crippen molar-refractivity contribution in [3.8, 4) is 23.1 Å². The number of pyridine rings is 1. The maximum atomic E-state index is 13.7. The van der Waals surface area contributed by atoms with Gasteiger partial charge in [0, 0.05) is 36.9 Å². The molecule has 11 nitrogen and oxygen atoms in total. The summed E-state index contributed by atoms with van der Waals surface area (Å²) in [4.78, 5) is 57.1. The van der Waals surface area contributed by atoms with Crippen LogP contribution in [0.15, 0.2) is 64.1 Å². The van der Waals surface area contributed by atoms with Gasteiger partial charge in [-0.1, -0.05) is 6.92 Å². The molecule has 0 radical (unpaired) electrons. The van der Waals surface area contributed by atoms with Crippen LogP contribution in [-0.4, -0.2) is 45.6 Å². The van der Waals surface area contributed by atoms with Gasteiger partial charge < -0.3 is 23.7 Å². The van der Waals surface area contributed by atoms with Gasteiger partial charge in [-0.15, -0.1) is 0 Å². The second-order valence-electron chi connectivity index (χ2n) is 13.5. The Morgan fingerprint density at radius 2 is 1.79 bits per heavy atom. The summed E-state index contributed by atoms with van der Waals surface area (Å²) in [6.45, 7) is 8.21. The number of Topliss-reactive ketones (excluding diaryl/α,β-unsaturated/α-hetero) is 1. The van der Waals surface area contributed by atoms with Gasteiger partial charge in [0.2, 0.25) is 0 Å². The smallest absolute Gasteiger partial charge is 0.345 e. The maximum Gasteiger partial charge on any atom is 0.345 e. The SMILES string of the molecule is CC(=O)O[C@H]1CC[C@@]2(C)C(C[C@H](OC(=O)c3ccc(C#N)cc3)[C@@]3(C)Oc4cc(-c5cccnc5)oc(=O)c4[C@H](O)C23)C1(C)C(C)=O. The number of ether oxygens (including phenoxy) is 3. The van der Waals surface area contributed by atoms with Crippen LogP contribution in [0.25, 0.3) is 11.3 Å². The summed E-state index contributed by atoms with van der Waals surface area (Å²) in [5.41, 5.74) is -3.20. The average Bonchev–Trinajstić information content (AvgIpc) is 3.03. The van der Waals surface area contributed by atoms with E-state index < -0.39 is 64.1 Å². The van der Waals surface area contributed by atoms with E-state index in [1.54, 1.807) is 32.2 Å². The number of ketones is 1. The number of hydrogen-bond donors (Lipinski definition) is 1. The number of carbonyl (C=O) groups is 3. The van der Waals surface area contributed by atoms with Crippen molar-refractivity contribution >= 4 is 17.7 Å². The molecule has 0 spiro atoms. The van der Waals surface area contributed by atoms with Crippen molar-refractivity contribution in [3.05, 3.63) is 82.0 Å². The summed E-state index contributed by atoms with van der Waals surface area (Å²) in [7, 11) is 0. The molecular weight excluding hydrogens is 604 g/mol. The number of benzene rings is 1. The molecule has 47 heavy (non-hydrogen) atoms. The zero-order chi connectivity index (χ0) is 33.9. The van der Waals surface area contributed by atoms with Crippen LogP contribution in [0.5, 0.6) is 5.75 Å². The van der Waals surface area contributed by atoms with Crippen LogP contribution in [0.2, 0.25) is 0 Å². The molecule has 3 heterocycles. The lowest BCUT2D eigenvalue weighted by atomic mass is 9.42. The number of aromatic nitrogens is 1. The third kappa shape index (κ3) is 5.02. The van der Waals surface area contributed by atoms with Crippen LogP contribution in [0.1, 0.15) is 81.5 Å². The maximum absolute atomic E-state index is 13.7. The van der Waals surface area contributed by atoms with Crippen LogP contribution in [0, 0.1) is 34.0 Å². The van der Waals surface area contributed by atoms with E-state index in [4.69, 9.17) is 18.6 Å². The minimum atomic E-state index is -1.42. The van der Waals surface area contributed by atoms with Crippen molar-refractivity contribution in [2.24, 2.45) is 22.7 Å². The number of esters is 2. The summed E-state index contributed by atoms with van der Waals surface area (Å²) < 4.78 is 24.3. The van der Waals surface area contributed by atoms with Gasteiger partial charge in [-0.2, -0.15) is 5.26 Å². The van der Waals surface area contributed by atoms with Gasteiger partial charge in [-0.05, 0) is 87.8 Å². The zero-order valence-corrected chi connectivity index (χ0v) is 26.8. The summed E-state index contributed by atoms with van der Waals surface area (Å²) in [6, 6.07) is 13.0. The van der Waals surface area contributed by atoms with Crippen molar-refractivity contribution in [2.45, 2.75) is 77.8 Å². The molecule has 0 bridgehead atoms. The second-order valence-corrected chi connectivity index (χ2v) is 13.5. The molecule has 0 amide bonds. The van der Waals surface area contributed by atoms with Crippen molar-refractivity contribution < 1.29 is 38.1 Å². The fraction of sp³-hybridized carbons (Fsp3) is 0.444. The number of aliphatic hydroxyl groups is 1. The Labute approximate surface area is 271 Å². The first-order chi connectivity index (χ1) is 22.2. The van der Waals surface area contributed by atoms with Gasteiger partial charge in [0.05, 0.1) is 28.7 Å². The molecule has 3 unspecified atom stereocenters. The first-order valence-electron chi connectivity index (χ1n) is 15.6. The van der Waals surface area contributed by atoms with Crippen LogP contribution < -0.4 is 10.4 Å². The Bertz CT molecular complexity index is 1850. The highest BCUT2D eigenvalue weighted by molar-refractivity contribution is 5.89. The molecule has 11 heteroatoms. The van der Waals surface area contributed by atoms with E-state index in [1.807, 2.05) is 13.0 Å². The Morgan fingerprint density at radius 3 is 2.40 bits per heavy atom. The van der Waals surface area contributed by atoms with E-state index in [1.165, 1.54) is 50.4 Å². The molecule has 1 aliphatic heterocycles. The lowest BCUT2D eigenvalue weighted by Gasteiger charge is -2.66. The van der Waals surface area contributed by atoms with Gasteiger partial charge in [-0.3, -0.25) is 14.6 Å². The molecular formula is C36H36N2O9. The largest absolute Gasteiger partial charge is 0.482 e. The van der Waals surface area contributed by atoms with E-state index >= 15 is 0 Å². The monoisotopic (exact) mass is 640 g/mol. The van der Waals surface area contributed by atoms with Crippen molar-refractivity contribution in [1.82, 2.24) is 4.98 Å². The van der Waals surface area contributed by atoms with Gasteiger partial charge in [0.25, 0.3) is 0 Å². The predicted octanol–water partition coefficient (Wildman–Crippen LogP) is 4.95. The Hall–Kier alpha value is -4.82. The third-order valence-electron chi connectivity index (χ3n) is 11.0. The van der Waals surface area contributed by atoms with Crippen LogP contribution in [0.3, 0.4) is 0 Å². The van der Waals surface area contributed by atoms with Crippen molar-refractivity contribution in [2.75, 3.05) is 0 Å². The Kier molecular flexibility index (Phi) is 7.83. The minimum Gasteiger partial charge on any atom is -0.482 e. The van der Waals surface area contributed by atoms with Gasteiger partial charge >= 0.3 is 17.6 Å². The second kappa shape index (κ2) is 11.5. The predicted molar refractivity (Wildman–Crippen MR) is 166 cm³/mol. The number of rotatable bonds is 5. The quantitative estimate of drug-likeness (QED) is 0.375. The van der Waals surface area contributed by atoms with Crippen LogP contribution in [-0.2, 0) is 19.1 Å². The van der Waals surface area contributed by atoms with Gasteiger partial charge in [-0.25, -0.2) is 9.59 Å². The molecule has 1 aromatic carbocycles. The number of nitriles is 1.